The lowest BCUT2D eigenvalue weighted by molar-refractivity contribution is 0.809. The zero-order chi connectivity index (χ0) is 39.3. The zero-order valence-electron chi connectivity index (χ0n) is 33.1. The minimum Gasteiger partial charge on any atom is -0.310 e. The number of hydrogen-bond donors (Lipinski definition) is 0. The van der Waals surface area contributed by atoms with E-state index in [1.807, 2.05) is 12.4 Å². The molecule has 4 nitrogen and oxygen atoms in total. The lowest BCUT2D eigenvalue weighted by atomic mass is 10.00. The first kappa shape index (κ1) is 36.6. The fourth-order valence-corrected chi connectivity index (χ4v) is 8.34. The molecule has 6 aromatic carbocycles. The Morgan fingerprint density at radius 3 is 1.78 bits per heavy atom. The molecular formula is C54H46N4. The second-order valence-corrected chi connectivity index (χ2v) is 14.8. The van der Waals surface area contributed by atoms with Crippen LogP contribution in [-0.2, 0) is 12.8 Å². The van der Waals surface area contributed by atoms with E-state index in [2.05, 4.69) is 205 Å². The van der Waals surface area contributed by atoms with Crippen LogP contribution in [0.4, 0.5) is 17.1 Å². The van der Waals surface area contributed by atoms with Crippen LogP contribution < -0.4 is 4.90 Å². The van der Waals surface area contributed by atoms with Crippen LogP contribution in [0.3, 0.4) is 0 Å². The fraction of sp³-hybridized carbons (Fsp3) is 0.111. The second kappa shape index (κ2) is 16.6. The van der Waals surface area contributed by atoms with Crippen LogP contribution in [0.5, 0.6) is 0 Å². The van der Waals surface area contributed by atoms with E-state index < -0.39 is 0 Å². The monoisotopic (exact) mass is 750 g/mol. The Bertz CT molecular complexity index is 2810. The summed E-state index contributed by atoms with van der Waals surface area (Å²) in [4.78, 5) is 12.4. The molecule has 0 aliphatic heterocycles. The van der Waals surface area contributed by atoms with Gasteiger partial charge in [0.25, 0.3) is 0 Å². The van der Waals surface area contributed by atoms with Gasteiger partial charge in [-0.25, -0.2) is 4.98 Å². The molecule has 0 fully saturated rings. The minimum atomic E-state index is 0.932. The molecule has 0 atom stereocenters. The van der Waals surface area contributed by atoms with Crippen molar-refractivity contribution in [2.24, 2.45) is 0 Å². The Hall–Kier alpha value is -7.04. The van der Waals surface area contributed by atoms with Gasteiger partial charge in [0.15, 0.2) is 0 Å². The Kier molecular flexibility index (Phi) is 10.5. The van der Waals surface area contributed by atoms with Crippen molar-refractivity contribution in [1.82, 2.24) is 14.5 Å². The normalized spacial score (nSPS) is 11.2. The fourth-order valence-electron chi connectivity index (χ4n) is 8.34. The third kappa shape index (κ3) is 7.21. The van der Waals surface area contributed by atoms with E-state index in [1.165, 1.54) is 33.3 Å². The molecule has 0 saturated carbocycles. The number of anilines is 3. The van der Waals surface area contributed by atoms with Crippen molar-refractivity contribution in [2.75, 3.05) is 4.90 Å². The van der Waals surface area contributed by atoms with E-state index in [-0.39, 0.29) is 0 Å². The smallest absolute Gasteiger partial charge is 0.137 e. The van der Waals surface area contributed by atoms with Gasteiger partial charge in [-0.1, -0.05) is 154 Å². The predicted octanol–water partition coefficient (Wildman–Crippen LogP) is 14.5. The van der Waals surface area contributed by atoms with Gasteiger partial charge in [-0.15, -0.1) is 0 Å². The number of aryl methyl sites for hydroxylation is 1. The van der Waals surface area contributed by atoms with Crippen LogP contribution in [-0.4, -0.2) is 14.5 Å². The summed E-state index contributed by atoms with van der Waals surface area (Å²) in [5.74, 6) is 0.942. The maximum atomic E-state index is 5.06. The summed E-state index contributed by atoms with van der Waals surface area (Å²) in [6.45, 7) is 4.55. The molecule has 0 amide bonds. The summed E-state index contributed by atoms with van der Waals surface area (Å²) in [5.41, 5.74) is 16.1. The van der Waals surface area contributed by atoms with Crippen molar-refractivity contribution in [3.05, 3.63) is 206 Å². The van der Waals surface area contributed by atoms with Crippen molar-refractivity contribution < 1.29 is 0 Å². The Balaban J connectivity index is 1.26. The standard InChI is InChI=1S/C54H46N4/c1-3-17-48-49-30-29-46(38-53(49)58(51(48)18-4-2)54-37-43(32-34-56-54)40-21-10-6-11-22-40)57(52-28-15-14-27-47(52)41-23-12-7-13-24-41)45-26-16-25-44(35-45)50-36-42(31-33-55-50)39-19-8-5-9-20-39/h5-16,19-38H,3-4,17-18H2,1-2H3. The van der Waals surface area contributed by atoms with Crippen molar-refractivity contribution in [2.45, 2.75) is 39.5 Å². The van der Waals surface area contributed by atoms with Crippen LogP contribution in [0.1, 0.15) is 37.9 Å². The number of aromatic nitrogens is 3. The van der Waals surface area contributed by atoms with Gasteiger partial charge in [-0.05, 0) is 101 Å². The van der Waals surface area contributed by atoms with Gasteiger partial charge >= 0.3 is 0 Å². The molecule has 9 rings (SSSR count). The molecule has 0 radical (unpaired) electrons. The van der Waals surface area contributed by atoms with Crippen LogP contribution in [0.15, 0.2) is 194 Å². The SMILES string of the molecule is CCCc1c(CCC)n(-c2cc(-c3ccccc3)ccn2)c2cc(N(c3cccc(-c4cc(-c5ccccc5)ccn4)c3)c3ccccc3-c3ccccc3)ccc12. The molecular weight excluding hydrogens is 705 g/mol. The highest BCUT2D eigenvalue weighted by Crippen LogP contribution is 2.44. The molecule has 282 valence electrons. The van der Waals surface area contributed by atoms with E-state index in [4.69, 9.17) is 9.97 Å². The first-order chi connectivity index (χ1) is 28.7. The minimum absolute atomic E-state index is 0.932. The number of benzene rings is 6. The molecule has 0 saturated heterocycles. The van der Waals surface area contributed by atoms with Crippen molar-refractivity contribution in [3.8, 4) is 50.5 Å². The number of para-hydroxylation sites is 1. The van der Waals surface area contributed by atoms with E-state index >= 15 is 0 Å². The Labute approximate surface area is 341 Å². The summed E-state index contributed by atoms with van der Waals surface area (Å²) in [5, 5.41) is 1.29. The number of pyridine rings is 2. The average Bonchev–Trinajstić information content (AvgIpc) is 3.59. The van der Waals surface area contributed by atoms with Crippen LogP contribution >= 0.6 is 0 Å². The van der Waals surface area contributed by atoms with Gasteiger partial charge in [-0.3, -0.25) is 9.55 Å². The molecule has 0 aliphatic carbocycles. The highest BCUT2D eigenvalue weighted by molar-refractivity contribution is 5.95. The Morgan fingerprint density at radius 2 is 1.07 bits per heavy atom. The van der Waals surface area contributed by atoms with Gasteiger partial charge in [-0.2, -0.15) is 0 Å². The zero-order valence-corrected chi connectivity index (χ0v) is 33.1. The first-order valence-corrected chi connectivity index (χ1v) is 20.4. The molecule has 0 bridgehead atoms. The molecule has 0 N–H and O–H groups in total. The molecule has 3 aromatic heterocycles. The number of hydrogen-bond acceptors (Lipinski definition) is 3. The molecule has 4 heteroatoms. The van der Waals surface area contributed by atoms with Gasteiger partial charge < -0.3 is 4.90 Å². The quantitative estimate of drug-likeness (QED) is 0.125. The van der Waals surface area contributed by atoms with Crippen molar-refractivity contribution in [1.29, 1.82) is 0 Å². The molecule has 0 aliphatic rings. The third-order valence-corrected chi connectivity index (χ3v) is 11.0. The van der Waals surface area contributed by atoms with Crippen molar-refractivity contribution >= 4 is 28.0 Å². The van der Waals surface area contributed by atoms with E-state index in [0.29, 0.717) is 0 Å². The second-order valence-electron chi connectivity index (χ2n) is 14.8. The lowest BCUT2D eigenvalue weighted by Crippen LogP contribution is -2.12. The molecule has 58 heavy (non-hydrogen) atoms. The summed E-state index contributed by atoms with van der Waals surface area (Å²) in [6, 6.07) is 65.0. The third-order valence-electron chi connectivity index (χ3n) is 11.0. The number of nitrogens with zero attached hydrogens (tertiary/aromatic N) is 4. The van der Waals surface area contributed by atoms with Gasteiger partial charge in [0.05, 0.1) is 16.9 Å². The largest absolute Gasteiger partial charge is 0.310 e. The maximum absolute atomic E-state index is 5.06. The summed E-state index contributed by atoms with van der Waals surface area (Å²) in [7, 11) is 0. The topological polar surface area (TPSA) is 34.0 Å². The Morgan fingerprint density at radius 1 is 0.466 bits per heavy atom. The van der Waals surface area contributed by atoms with Crippen molar-refractivity contribution in [3.63, 3.8) is 0 Å². The molecule has 0 spiro atoms. The maximum Gasteiger partial charge on any atom is 0.137 e. The van der Waals surface area contributed by atoms with Gasteiger partial charge in [0, 0.05) is 46.0 Å². The van der Waals surface area contributed by atoms with Gasteiger partial charge in [0.2, 0.25) is 0 Å². The summed E-state index contributed by atoms with van der Waals surface area (Å²) < 4.78 is 2.44. The average molecular weight is 751 g/mol. The van der Waals surface area contributed by atoms with E-state index in [9.17, 15) is 0 Å². The lowest BCUT2D eigenvalue weighted by Gasteiger charge is -2.28. The highest BCUT2D eigenvalue weighted by atomic mass is 15.1. The van der Waals surface area contributed by atoms with E-state index in [0.717, 1.165) is 82.0 Å². The molecule has 0 unspecified atom stereocenters. The van der Waals surface area contributed by atoms with E-state index in [1.54, 1.807) is 0 Å². The van der Waals surface area contributed by atoms with Crippen LogP contribution in [0, 0.1) is 0 Å². The first-order valence-electron chi connectivity index (χ1n) is 20.4. The molecule has 9 aromatic rings. The van der Waals surface area contributed by atoms with Crippen LogP contribution in [0.2, 0.25) is 0 Å². The molecule has 3 heterocycles. The number of fused-ring (bicyclic) bond motifs is 1. The highest BCUT2D eigenvalue weighted by Gasteiger charge is 2.23. The van der Waals surface area contributed by atoms with Gasteiger partial charge in [0.1, 0.15) is 5.82 Å². The van der Waals surface area contributed by atoms with Crippen LogP contribution in [0.25, 0.3) is 61.4 Å². The summed E-state index contributed by atoms with van der Waals surface area (Å²) >= 11 is 0. The number of rotatable bonds is 12. The predicted molar refractivity (Wildman–Crippen MR) is 243 cm³/mol. The summed E-state index contributed by atoms with van der Waals surface area (Å²) in [6.07, 6.45) is 7.95.